The van der Waals surface area contributed by atoms with Crippen LogP contribution in [0.4, 0.5) is 0 Å². The Labute approximate surface area is 437 Å². The third-order valence-corrected chi connectivity index (χ3v) is 16.4. The van der Waals surface area contributed by atoms with E-state index < -0.39 is 5.41 Å². The van der Waals surface area contributed by atoms with E-state index in [0.29, 0.717) is 17.5 Å². The fourth-order valence-corrected chi connectivity index (χ4v) is 13.1. The van der Waals surface area contributed by atoms with Crippen LogP contribution in [0.1, 0.15) is 22.3 Å². The van der Waals surface area contributed by atoms with Gasteiger partial charge in [-0.15, -0.1) is 11.3 Å². The predicted molar refractivity (Wildman–Crippen MR) is 310 cm³/mol. The van der Waals surface area contributed by atoms with Gasteiger partial charge in [-0.2, -0.15) is 0 Å². The van der Waals surface area contributed by atoms with Crippen molar-refractivity contribution in [1.29, 1.82) is 0 Å². The van der Waals surface area contributed by atoms with E-state index in [1.165, 1.54) is 53.7 Å². The number of thiophene rings is 1. The quantitative estimate of drug-likeness (QED) is 0.152. The lowest BCUT2D eigenvalue weighted by atomic mass is 9.67. The number of hydrogen-bond donors (Lipinski definition) is 0. The molecule has 0 saturated carbocycles. The molecule has 3 heterocycles. The average Bonchev–Trinajstić information content (AvgIpc) is 4.33. The zero-order chi connectivity index (χ0) is 49.5. The van der Waals surface area contributed by atoms with E-state index in [4.69, 9.17) is 19.4 Å². The zero-order valence-corrected chi connectivity index (χ0v) is 41.3. The summed E-state index contributed by atoms with van der Waals surface area (Å²) in [5.74, 6) is 1.81. The molecule has 5 heteroatoms. The molecule has 75 heavy (non-hydrogen) atoms. The van der Waals surface area contributed by atoms with Crippen molar-refractivity contribution >= 4 is 53.4 Å². The monoisotopic (exact) mass is 973 g/mol. The molecule has 3 aromatic heterocycles. The van der Waals surface area contributed by atoms with Crippen LogP contribution in [0.15, 0.2) is 265 Å². The highest BCUT2D eigenvalue weighted by Gasteiger charge is 2.46. The second-order valence-corrected chi connectivity index (χ2v) is 20.4. The Bertz CT molecular complexity index is 4480. The van der Waals surface area contributed by atoms with E-state index in [2.05, 4.69) is 243 Å². The molecule has 0 amide bonds. The summed E-state index contributed by atoms with van der Waals surface area (Å²) >= 11 is 1.79. The number of benzene rings is 11. The lowest BCUT2D eigenvalue weighted by Gasteiger charge is -2.34. The summed E-state index contributed by atoms with van der Waals surface area (Å²) in [6.07, 6.45) is 0. The lowest BCUT2D eigenvalue weighted by molar-refractivity contribution is 0.669. The Morgan fingerprint density at radius 2 is 0.827 bits per heavy atom. The van der Waals surface area contributed by atoms with Gasteiger partial charge in [-0.05, 0) is 103 Å². The fourth-order valence-electron chi connectivity index (χ4n) is 11.9. The first-order valence-corrected chi connectivity index (χ1v) is 26.2. The van der Waals surface area contributed by atoms with E-state index in [1.807, 2.05) is 18.2 Å². The first-order valence-electron chi connectivity index (χ1n) is 25.4. The second-order valence-electron chi connectivity index (χ2n) is 19.4. The van der Waals surface area contributed by atoms with Gasteiger partial charge in [0.05, 0.1) is 5.41 Å². The van der Waals surface area contributed by atoms with Crippen molar-refractivity contribution in [2.75, 3.05) is 0 Å². The Kier molecular flexibility index (Phi) is 9.94. The number of fused-ring (bicyclic) bond motifs is 9. The van der Waals surface area contributed by atoms with Crippen LogP contribution in [-0.2, 0) is 5.41 Å². The summed E-state index contributed by atoms with van der Waals surface area (Å²) in [5, 5.41) is 4.30. The summed E-state index contributed by atoms with van der Waals surface area (Å²) < 4.78 is 9.11. The largest absolute Gasteiger partial charge is 0.456 e. The molecule has 0 N–H and O–H groups in total. The number of aromatic nitrogens is 3. The van der Waals surface area contributed by atoms with Gasteiger partial charge in [0, 0.05) is 47.6 Å². The first kappa shape index (κ1) is 43.1. The minimum absolute atomic E-state index is 0.480. The van der Waals surface area contributed by atoms with Gasteiger partial charge in [0.25, 0.3) is 0 Å². The molecule has 1 aliphatic rings. The normalized spacial score (nSPS) is 12.6. The number of hydrogen-bond acceptors (Lipinski definition) is 5. The van der Waals surface area contributed by atoms with Gasteiger partial charge in [-0.1, -0.05) is 224 Å². The molecule has 4 nitrogen and oxygen atoms in total. The average molecular weight is 974 g/mol. The van der Waals surface area contributed by atoms with E-state index >= 15 is 0 Å². The van der Waals surface area contributed by atoms with Gasteiger partial charge in [0.1, 0.15) is 11.2 Å². The van der Waals surface area contributed by atoms with Crippen LogP contribution in [0.2, 0.25) is 0 Å². The number of rotatable bonds is 8. The van der Waals surface area contributed by atoms with Crippen molar-refractivity contribution in [2.24, 2.45) is 0 Å². The molecule has 0 spiro atoms. The standard InChI is InChI=1S/C70H43N3OS/c1-4-18-44(19-5-1)45-36-38-46(39-37-45)67-71-68(73-69(72-67)56-30-17-35-63-66(56)54-27-11-13-34-62(54)75-63)55-29-16-33-61-65(55)57-43-48(40-41-60(57)74-61)47-20-14-21-49(42-47)52-28-15-32-59-64(52)53-26-10-12-31-58(53)70(59,50-22-6-2-7-23-50)51-24-8-3-9-25-51/h1-43H. The summed E-state index contributed by atoms with van der Waals surface area (Å²) in [6.45, 7) is 0. The van der Waals surface area contributed by atoms with Gasteiger partial charge in [-0.25, -0.2) is 15.0 Å². The molecule has 0 fully saturated rings. The summed E-state index contributed by atoms with van der Waals surface area (Å²) in [4.78, 5) is 16.0. The maximum Gasteiger partial charge on any atom is 0.164 e. The van der Waals surface area contributed by atoms with Gasteiger partial charge in [0.2, 0.25) is 0 Å². The van der Waals surface area contributed by atoms with Crippen molar-refractivity contribution < 1.29 is 4.42 Å². The Balaban J connectivity index is 0.884. The molecule has 0 radical (unpaired) electrons. The van der Waals surface area contributed by atoms with Crippen LogP contribution in [0.3, 0.4) is 0 Å². The first-order chi connectivity index (χ1) is 37.2. The Hall–Kier alpha value is -9.55. The minimum atomic E-state index is -0.480. The van der Waals surface area contributed by atoms with Crippen molar-refractivity contribution in [3.8, 4) is 78.7 Å². The van der Waals surface area contributed by atoms with Gasteiger partial charge in [0.15, 0.2) is 17.5 Å². The molecule has 11 aromatic carbocycles. The van der Waals surface area contributed by atoms with Crippen molar-refractivity contribution in [2.45, 2.75) is 5.41 Å². The van der Waals surface area contributed by atoms with Crippen molar-refractivity contribution in [3.05, 3.63) is 283 Å². The summed E-state index contributed by atoms with van der Waals surface area (Å²) in [5.41, 5.74) is 18.3. The topological polar surface area (TPSA) is 51.8 Å². The highest BCUT2D eigenvalue weighted by atomic mass is 32.1. The summed E-state index contributed by atoms with van der Waals surface area (Å²) in [6, 6.07) is 93.6. The molecule has 0 saturated heterocycles. The van der Waals surface area contributed by atoms with E-state index in [0.717, 1.165) is 71.8 Å². The maximum atomic E-state index is 6.69. The minimum Gasteiger partial charge on any atom is -0.456 e. The zero-order valence-electron chi connectivity index (χ0n) is 40.5. The fraction of sp³-hybridized carbons (Fsp3) is 0.0143. The molecular formula is C70H43N3OS. The van der Waals surface area contributed by atoms with E-state index in [1.54, 1.807) is 11.3 Å². The van der Waals surface area contributed by atoms with Crippen LogP contribution >= 0.6 is 11.3 Å². The van der Waals surface area contributed by atoms with Crippen LogP contribution in [0.25, 0.3) is 121 Å². The van der Waals surface area contributed by atoms with Gasteiger partial charge < -0.3 is 4.42 Å². The van der Waals surface area contributed by atoms with Crippen LogP contribution < -0.4 is 0 Å². The van der Waals surface area contributed by atoms with E-state index in [-0.39, 0.29) is 0 Å². The lowest BCUT2D eigenvalue weighted by Crippen LogP contribution is -2.28. The number of nitrogens with zero attached hydrogens (tertiary/aromatic N) is 3. The molecule has 14 aromatic rings. The molecule has 0 bridgehead atoms. The molecule has 0 atom stereocenters. The molecule has 350 valence electrons. The predicted octanol–water partition coefficient (Wildman–Crippen LogP) is 18.5. The van der Waals surface area contributed by atoms with E-state index in [9.17, 15) is 0 Å². The van der Waals surface area contributed by atoms with Crippen molar-refractivity contribution in [3.63, 3.8) is 0 Å². The highest BCUT2D eigenvalue weighted by Crippen LogP contribution is 2.58. The Morgan fingerprint density at radius 3 is 1.61 bits per heavy atom. The molecular weight excluding hydrogens is 931 g/mol. The van der Waals surface area contributed by atoms with Gasteiger partial charge in [-0.3, -0.25) is 0 Å². The Morgan fingerprint density at radius 1 is 0.307 bits per heavy atom. The highest BCUT2D eigenvalue weighted by molar-refractivity contribution is 7.25. The molecule has 0 aliphatic heterocycles. The molecule has 1 aliphatic carbocycles. The van der Waals surface area contributed by atoms with Crippen molar-refractivity contribution in [1.82, 2.24) is 15.0 Å². The van der Waals surface area contributed by atoms with Crippen LogP contribution in [-0.4, -0.2) is 15.0 Å². The summed E-state index contributed by atoms with van der Waals surface area (Å²) in [7, 11) is 0. The SMILES string of the molecule is c1ccc(-c2ccc(-c3nc(-c4cccc5oc6ccc(-c7cccc(-c8cccc9c8-c8ccccc8C9(c8ccccc8)c8ccccc8)c7)cc6c45)nc(-c4cccc5sc6ccccc6c45)n3)cc2)cc1. The third-order valence-electron chi connectivity index (χ3n) is 15.3. The number of furan rings is 1. The molecule has 15 rings (SSSR count). The smallest absolute Gasteiger partial charge is 0.164 e. The maximum absolute atomic E-state index is 6.69. The van der Waals surface area contributed by atoms with Crippen LogP contribution in [0, 0.1) is 0 Å². The third kappa shape index (κ3) is 6.86. The molecule has 0 unspecified atom stereocenters. The van der Waals surface area contributed by atoms with Crippen LogP contribution in [0.5, 0.6) is 0 Å². The second kappa shape index (κ2) is 17.3. The van der Waals surface area contributed by atoms with Gasteiger partial charge >= 0.3 is 0 Å².